The van der Waals surface area contributed by atoms with Crippen LogP contribution in [0.2, 0.25) is 0 Å². The van der Waals surface area contributed by atoms with Crippen molar-refractivity contribution in [2.24, 2.45) is 11.8 Å². The van der Waals surface area contributed by atoms with Gasteiger partial charge in [-0.15, -0.1) is 0 Å². The smallest absolute Gasteiger partial charge is 0.410 e. The first-order valence-electron chi connectivity index (χ1n) is 14.3. The molecular formula is C29H46N4O5. The number of aliphatic carboxylic acids is 1. The highest BCUT2D eigenvalue weighted by Crippen LogP contribution is 2.26. The number of aromatic nitrogens is 1. The van der Waals surface area contributed by atoms with E-state index >= 15 is 0 Å². The van der Waals surface area contributed by atoms with Crippen LogP contribution in [0.15, 0.2) is 12.1 Å². The third-order valence-corrected chi connectivity index (χ3v) is 7.39. The van der Waals surface area contributed by atoms with Crippen LogP contribution in [0.5, 0.6) is 0 Å². The fourth-order valence-electron chi connectivity index (χ4n) is 5.26. The summed E-state index contributed by atoms with van der Waals surface area (Å²) in [5.74, 6) is -0.586. The standard InChI is InChI=1S/C29H46N4O5/c1-20-19-33(28(37)38-29(2,3)4)18-16-23(20)26(34)32-24(27(35)36)13-9-7-5-6-8-12-22-15-14-21-11-10-17-30-25(21)31-22/h14-15,20,23-24H,5-13,16-19H2,1-4H3,(H,30,31)(H,32,34)(H,35,36). The fourth-order valence-corrected chi connectivity index (χ4v) is 5.26. The molecule has 9 nitrogen and oxygen atoms in total. The summed E-state index contributed by atoms with van der Waals surface area (Å²) in [7, 11) is 0. The van der Waals surface area contributed by atoms with Crippen molar-refractivity contribution in [2.75, 3.05) is 25.0 Å². The molecule has 0 radical (unpaired) electrons. The van der Waals surface area contributed by atoms with Crippen molar-refractivity contribution in [1.29, 1.82) is 0 Å². The molecular weight excluding hydrogens is 484 g/mol. The summed E-state index contributed by atoms with van der Waals surface area (Å²) in [6.07, 6.45) is 8.61. The molecule has 3 heterocycles. The van der Waals surface area contributed by atoms with E-state index in [2.05, 4.69) is 22.8 Å². The Hall–Kier alpha value is -2.84. The van der Waals surface area contributed by atoms with Crippen molar-refractivity contribution in [2.45, 2.75) is 104 Å². The average Bonchev–Trinajstić information content (AvgIpc) is 2.86. The molecule has 0 aromatic carbocycles. The van der Waals surface area contributed by atoms with Crippen LogP contribution >= 0.6 is 0 Å². The number of carbonyl (C=O) groups excluding carboxylic acids is 2. The van der Waals surface area contributed by atoms with Crippen molar-refractivity contribution in [3.8, 4) is 0 Å². The average molecular weight is 531 g/mol. The molecule has 1 aromatic rings. The molecule has 2 aliphatic heterocycles. The number of carboxylic acid groups (broad SMARTS) is 1. The molecule has 2 aliphatic rings. The van der Waals surface area contributed by atoms with Gasteiger partial charge in [0, 0.05) is 31.2 Å². The van der Waals surface area contributed by atoms with Crippen molar-refractivity contribution in [3.63, 3.8) is 0 Å². The molecule has 2 amide bonds. The number of rotatable bonds is 11. The first-order valence-corrected chi connectivity index (χ1v) is 14.3. The van der Waals surface area contributed by atoms with Crippen LogP contribution in [0.3, 0.4) is 0 Å². The number of amides is 2. The predicted octanol–water partition coefficient (Wildman–Crippen LogP) is 4.79. The van der Waals surface area contributed by atoms with Crippen LogP contribution in [0.4, 0.5) is 10.6 Å². The lowest BCUT2D eigenvalue weighted by molar-refractivity contribution is -0.143. The number of anilines is 1. The normalized spacial score (nSPS) is 20.2. The van der Waals surface area contributed by atoms with Crippen molar-refractivity contribution >= 4 is 23.8 Å². The Balaban J connectivity index is 1.33. The first kappa shape index (κ1) is 29.7. The lowest BCUT2D eigenvalue weighted by Gasteiger charge is -2.37. The Morgan fingerprint density at radius 1 is 1.18 bits per heavy atom. The Kier molecular flexibility index (Phi) is 10.8. The van der Waals surface area contributed by atoms with E-state index in [1.54, 1.807) is 4.90 Å². The highest BCUT2D eigenvalue weighted by Gasteiger charge is 2.36. The molecule has 3 rings (SSSR count). The molecule has 0 aliphatic carbocycles. The summed E-state index contributed by atoms with van der Waals surface area (Å²) in [5, 5.41) is 15.8. The number of nitrogens with zero attached hydrogens (tertiary/aromatic N) is 2. The maximum atomic E-state index is 12.9. The maximum Gasteiger partial charge on any atom is 0.410 e. The Labute approximate surface area is 227 Å². The largest absolute Gasteiger partial charge is 0.480 e. The van der Waals surface area contributed by atoms with Gasteiger partial charge in [-0.1, -0.05) is 38.7 Å². The molecule has 38 heavy (non-hydrogen) atoms. The summed E-state index contributed by atoms with van der Waals surface area (Å²) >= 11 is 0. The van der Waals surface area contributed by atoms with Gasteiger partial charge in [0.05, 0.1) is 0 Å². The van der Waals surface area contributed by atoms with E-state index in [4.69, 9.17) is 9.72 Å². The number of carboxylic acids is 1. The second-order valence-electron chi connectivity index (χ2n) is 11.8. The second-order valence-corrected chi connectivity index (χ2v) is 11.8. The number of likely N-dealkylation sites (tertiary alicyclic amines) is 1. The zero-order valence-electron chi connectivity index (χ0n) is 23.6. The van der Waals surface area contributed by atoms with E-state index in [-0.39, 0.29) is 23.8 Å². The zero-order chi connectivity index (χ0) is 27.7. The molecule has 3 unspecified atom stereocenters. The molecule has 1 saturated heterocycles. The number of carbonyl (C=O) groups is 3. The van der Waals surface area contributed by atoms with Crippen LogP contribution < -0.4 is 10.6 Å². The number of pyridine rings is 1. The summed E-state index contributed by atoms with van der Waals surface area (Å²) in [6, 6.07) is 3.44. The molecule has 0 spiro atoms. The predicted molar refractivity (Wildman–Crippen MR) is 147 cm³/mol. The molecule has 9 heteroatoms. The van der Waals surface area contributed by atoms with Crippen LogP contribution in [0, 0.1) is 11.8 Å². The fraction of sp³-hybridized carbons (Fsp3) is 0.724. The van der Waals surface area contributed by atoms with Gasteiger partial charge in [0.15, 0.2) is 0 Å². The van der Waals surface area contributed by atoms with Gasteiger partial charge in [0.25, 0.3) is 0 Å². The topological polar surface area (TPSA) is 121 Å². The lowest BCUT2D eigenvalue weighted by atomic mass is 9.86. The van der Waals surface area contributed by atoms with Crippen LogP contribution in [0.25, 0.3) is 0 Å². The Bertz CT molecular complexity index is 961. The number of hydrogen-bond donors (Lipinski definition) is 3. The third-order valence-electron chi connectivity index (χ3n) is 7.39. The number of aryl methyl sites for hydroxylation is 2. The number of unbranched alkanes of at least 4 members (excludes halogenated alkanes) is 4. The van der Waals surface area contributed by atoms with Crippen molar-refractivity contribution in [1.82, 2.24) is 15.2 Å². The van der Waals surface area contributed by atoms with Crippen LogP contribution in [-0.2, 0) is 27.2 Å². The first-order chi connectivity index (χ1) is 18.0. The minimum atomic E-state index is -0.996. The van der Waals surface area contributed by atoms with Gasteiger partial charge < -0.3 is 25.4 Å². The SMILES string of the molecule is CC1CN(C(=O)OC(C)(C)C)CCC1C(=O)NC(CCCCCCCc1ccc2c(n1)NCCC2)C(=O)O. The summed E-state index contributed by atoms with van der Waals surface area (Å²) in [6.45, 7) is 9.24. The molecule has 3 N–H and O–H groups in total. The van der Waals surface area contributed by atoms with E-state index in [1.165, 1.54) is 5.56 Å². The van der Waals surface area contributed by atoms with E-state index in [1.807, 2.05) is 27.7 Å². The molecule has 0 saturated carbocycles. The Morgan fingerprint density at radius 3 is 2.63 bits per heavy atom. The molecule has 1 aromatic heterocycles. The number of piperidine rings is 1. The third kappa shape index (κ3) is 9.17. The summed E-state index contributed by atoms with van der Waals surface area (Å²) in [4.78, 5) is 43.4. The van der Waals surface area contributed by atoms with Crippen LogP contribution in [-0.4, -0.2) is 64.2 Å². The molecule has 1 fully saturated rings. The number of fused-ring (bicyclic) bond motifs is 1. The molecule has 0 bridgehead atoms. The second kappa shape index (κ2) is 13.8. The minimum absolute atomic E-state index is 0.0777. The highest BCUT2D eigenvalue weighted by atomic mass is 16.6. The van der Waals surface area contributed by atoms with Gasteiger partial charge in [0.2, 0.25) is 5.91 Å². The van der Waals surface area contributed by atoms with E-state index in [9.17, 15) is 19.5 Å². The number of ether oxygens (including phenoxy) is 1. The Morgan fingerprint density at radius 2 is 1.92 bits per heavy atom. The summed E-state index contributed by atoms with van der Waals surface area (Å²) < 4.78 is 5.44. The van der Waals surface area contributed by atoms with E-state index < -0.39 is 17.6 Å². The minimum Gasteiger partial charge on any atom is -0.480 e. The summed E-state index contributed by atoms with van der Waals surface area (Å²) in [5.41, 5.74) is 1.86. The quantitative estimate of drug-likeness (QED) is 0.352. The monoisotopic (exact) mass is 530 g/mol. The molecule has 3 atom stereocenters. The van der Waals surface area contributed by atoms with Crippen LogP contribution in [0.1, 0.15) is 90.3 Å². The van der Waals surface area contributed by atoms with Gasteiger partial charge in [-0.25, -0.2) is 14.6 Å². The van der Waals surface area contributed by atoms with Gasteiger partial charge in [-0.05, 0) is 76.8 Å². The highest BCUT2D eigenvalue weighted by molar-refractivity contribution is 5.85. The van der Waals surface area contributed by atoms with Crippen molar-refractivity contribution in [3.05, 3.63) is 23.4 Å². The van der Waals surface area contributed by atoms with E-state index in [0.717, 1.165) is 69.4 Å². The number of hydrogen-bond acceptors (Lipinski definition) is 6. The van der Waals surface area contributed by atoms with Crippen molar-refractivity contribution < 1.29 is 24.2 Å². The van der Waals surface area contributed by atoms with Gasteiger partial charge in [0.1, 0.15) is 17.5 Å². The lowest BCUT2D eigenvalue weighted by Crippen LogP contribution is -2.51. The van der Waals surface area contributed by atoms with E-state index in [0.29, 0.717) is 25.9 Å². The molecule has 212 valence electrons. The van der Waals surface area contributed by atoms with Gasteiger partial charge in [-0.2, -0.15) is 0 Å². The van der Waals surface area contributed by atoms with Gasteiger partial charge >= 0.3 is 12.1 Å². The maximum absolute atomic E-state index is 12.9. The number of nitrogens with one attached hydrogen (secondary N) is 2. The zero-order valence-corrected chi connectivity index (χ0v) is 23.6. The van der Waals surface area contributed by atoms with Gasteiger partial charge in [-0.3, -0.25) is 4.79 Å².